The fourth-order valence-electron chi connectivity index (χ4n) is 3.05. The Morgan fingerprint density at radius 2 is 1.78 bits per heavy atom. The summed E-state index contributed by atoms with van der Waals surface area (Å²) in [5.41, 5.74) is 1.33. The van der Waals surface area contributed by atoms with Crippen molar-refractivity contribution in [1.82, 2.24) is 4.90 Å². The van der Waals surface area contributed by atoms with E-state index in [-0.39, 0.29) is 29.1 Å². The third kappa shape index (κ3) is 2.93. The van der Waals surface area contributed by atoms with Gasteiger partial charge in [0.2, 0.25) is 0 Å². The van der Waals surface area contributed by atoms with Gasteiger partial charge in [0.05, 0.1) is 11.1 Å². The van der Waals surface area contributed by atoms with Gasteiger partial charge in [0.25, 0.3) is 17.7 Å². The van der Waals surface area contributed by atoms with Crippen LogP contribution in [0.2, 0.25) is 0 Å². The molecule has 1 N–H and O–H groups in total. The molecule has 0 aromatic heterocycles. The predicted octanol–water partition coefficient (Wildman–Crippen LogP) is 2.49. The van der Waals surface area contributed by atoms with E-state index in [1.54, 1.807) is 18.2 Å². The number of fused-ring (bicyclic) bond motifs is 2. The monoisotopic (exact) mass is 364 g/mol. The highest BCUT2D eigenvalue weighted by atomic mass is 16.6. The Balaban J connectivity index is 1.57. The summed E-state index contributed by atoms with van der Waals surface area (Å²) in [6.07, 6.45) is 1.48. The van der Waals surface area contributed by atoms with Gasteiger partial charge in [-0.05, 0) is 30.3 Å². The van der Waals surface area contributed by atoms with Crippen LogP contribution in [0.3, 0.4) is 0 Å². The Kier molecular flexibility index (Phi) is 4.12. The average molecular weight is 364 g/mol. The van der Waals surface area contributed by atoms with Crippen molar-refractivity contribution in [2.24, 2.45) is 0 Å². The van der Waals surface area contributed by atoms with E-state index in [0.29, 0.717) is 30.4 Å². The van der Waals surface area contributed by atoms with Crippen molar-refractivity contribution in [1.29, 1.82) is 0 Å². The van der Waals surface area contributed by atoms with Crippen LogP contribution in [0, 0.1) is 0 Å². The zero-order valence-corrected chi connectivity index (χ0v) is 14.4. The fraction of sp³-hybridized carbons (Fsp3) is 0.150. The summed E-state index contributed by atoms with van der Waals surface area (Å²) in [5.74, 6) is -0.00786. The predicted molar refractivity (Wildman–Crippen MR) is 97.4 cm³/mol. The molecule has 0 spiro atoms. The van der Waals surface area contributed by atoms with Crippen LogP contribution in [0.15, 0.2) is 49.1 Å². The van der Waals surface area contributed by atoms with E-state index in [0.717, 1.165) is 4.90 Å². The van der Waals surface area contributed by atoms with Crippen LogP contribution in [-0.4, -0.2) is 42.4 Å². The molecule has 2 aliphatic heterocycles. The van der Waals surface area contributed by atoms with E-state index in [1.165, 1.54) is 24.3 Å². The SMILES string of the molecule is C=CCN1C(=O)c2ccc(C(=O)Nc3ccc4c(c3)OCCO4)cc2C1=O. The number of benzene rings is 2. The minimum absolute atomic E-state index is 0.130. The molecular weight excluding hydrogens is 348 g/mol. The molecule has 0 bridgehead atoms. The van der Waals surface area contributed by atoms with Crippen LogP contribution in [0.25, 0.3) is 0 Å². The van der Waals surface area contributed by atoms with Crippen molar-refractivity contribution in [3.63, 3.8) is 0 Å². The summed E-state index contributed by atoms with van der Waals surface area (Å²) in [5, 5.41) is 2.76. The maximum absolute atomic E-state index is 12.6. The number of nitrogens with one attached hydrogen (secondary N) is 1. The Morgan fingerprint density at radius 3 is 2.56 bits per heavy atom. The van der Waals surface area contributed by atoms with Gasteiger partial charge in [0, 0.05) is 23.9 Å². The van der Waals surface area contributed by atoms with E-state index in [4.69, 9.17) is 9.47 Å². The van der Waals surface area contributed by atoms with Crippen molar-refractivity contribution < 1.29 is 23.9 Å². The van der Waals surface area contributed by atoms with E-state index >= 15 is 0 Å². The summed E-state index contributed by atoms with van der Waals surface area (Å²) < 4.78 is 11.0. The summed E-state index contributed by atoms with van der Waals surface area (Å²) in [4.78, 5) is 38.3. The number of ether oxygens (including phenoxy) is 2. The molecule has 2 aromatic carbocycles. The molecule has 0 fully saturated rings. The second-order valence-electron chi connectivity index (χ2n) is 6.08. The number of hydrogen-bond acceptors (Lipinski definition) is 5. The highest BCUT2D eigenvalue weighted by molar-refractivity contribution is 6.22. The normalized spacial score (nSPS) is 14.7. The van der Waals surface area contributed by atoms with Crippen molar-refractivity contribution >= 4 is 23.4 Å². The van der Waals surface area contributed by atoms with Gasteiger partial charge in [-0.2, -0.15) is 0 Å². The Morgan fingerprint density at radius 1 is 1.04 bits per heavy atom. The lowest BCUT2D eigenvalue weighted by Crippen LogP contribution is -2.29. The zero-order chi connectivity index (χ0) is 19.0. The molecule has 0 atom stereocenters. The molecule has 0 unspecified atom stereocenters. The van der Waals surface area contributed by atoms with E-state index in [9.17, 15) is 14.4 Å². The van der Waals surface area contributed by atoms with Gasteiger partial charge in [0.15, 0.2) is 11.5 Å². The number of imide groups is 1. The number of amides is 3. The third-order valence-electron chi connectivity index (χ3n) is 4.34. The summed E-state index contributed by atoms with van der Waals surface area (Å²) in [6.45, 7) is 4.62. The van der Waals surface area contributed by atoms with Crippen molar-refractivity contribution in [2.45, 2.75) is 0 Å². The second kappa shape index (κ2) is 6.60. The molecular formula is C20H16N2O5. The van der Waals surface area contributed by atoms with Crippen molar-refractivity contribution in [3.05, 3.63) is 65.7 Å². The van der Waals surface area contributed by atoms with E-state index in [2.05, 4.69) is 11.9 Å². The number of hydrogen-bond donors (Lipinski definition) is 1. The molecule has 0 radical (unpaired) electrons. The molecule has 2 aliphatic rings. The lowest BCUT2D eigenvalue weighted by molar-refractivity contribution is 0.0672. The van der Waals surface area contributed by atoms with E-state index < -0.39 is 11.8 Å². The number of carbonyl (C=O) groups is 3. The second-order valence-corrected chi connectivity index (χ2v) is 6.08. The Hall–Kier alpha value is -3.61. The molecule has 27 heavy (non-hydrogen) atoms. The topological polar surface area (TPSA) is 84.9 Å². The highest BCUT2D eigenvalue weighted by Crippen LogP contribution is 2.33. The smallest absolute Gasteiger partial charge is 0.261 e. The number of carbonyl (C=O) groups excluding carboxylic acids is 3. The van der Waals surface area contributed by atoms with Gasteiger partial charge in [-0.3, -0.25) is 19.3 Å². The quantitative estimate of drug-likeness (QED) is 0.666. The Labute approximate surface area is 155 Å². The van der Waals surface area contributed by atoms with Gasteiger partial charge in [-0.15, -0.1) is 6.58 Å². The summed E-state index contributed by atoms with van der Waals surface area (Å²) in [6, 6.07) is 9.57. The van der Waals surface area contributed by atoms with Crippen LogP contribution < -0.4 is 14.8 Å². The van der Waals surface area contributed by atoms with Crippen LogP contribution in [-0.2, 0) is 0 Å². The standard InChI is InChI=1S/C20H16N2O5/c1-2-7-22-19(24)14-5-3-12(10-15(14)20(22)25)18(23)21-13-4-6-16-17(11-13)27-9-8-26-16/h2-6,10-11H,1,7-9H2,(H,21,23). The average Bonchev–Trinajstić information content (AvgIpc) is 2.92. The first-order valence-electron chi connectivity index (χ1n) is 8.40. The zero-order valence-electron chi connectivity index (χ0n) is 14.4. The van der Waals surface area contributed by atoms with Crippen molar-refractivity contribution in [2.75, 3.05) is 25.1 Å². The molecule has 136 valence electrons. The molecule has 4 rings (SSSR count). The molecule has 0 saturated carbocycles. The fourth-order valence-corrected chi connectivity index (χ4v) is 3.05. The maximum atomic E-state index is 12.6. The number of anilines is 1. The molecule has 7 heteroatoms. The van der Waals surface area contributed by atoms with Gasteiger partial charge in [-0.25, -0.2) is 0 Å². The minimum atomic E-state index is -0.427. The summed E-state index contributed by atoms with van der Waals surface area (Å²) >= 11 is 0. The largest absolute Gasteiger partial charge is 0.486 e. The maximum Gasteiger partial charge on any atom is 0.261 e. The number of rotatable bonds is 4. The highest BCUT2D eigenvalue weighted by Gasteiger charge is 2.35. The molecule has 0 saturated heterocycles. The first-order valence-corrected chi connectivity index (χ1v) is 8.40. The lowest BCUT2D eigenvalue weighted by Gasteiger charge is -2.19. The van der Waals surface area contributed by atoms with Gasteiger partial charge >= 0.3 is 0 Å². The third-order valence-corrected chi connectivity index (χ3v) is 4.34. The molecule has 2 heterocycles. The first-order chi connectivity index (χ1) is 13.1. The van der Waals surface area contributed by atoms with Crippen LogP contribution in [0.1, 0.15) is 31.1 Å². The molecule has 3 amide bonds. The first kappa shape index (κ1) is 16.8. The van der Waals surface area contributed by atoms with Crippen LogP contribution in [0.5, 0.6) is 11.5 Å². The van der Waals surface area contributed by atoms with Gasteiger partial charge in [0.1, 0.15) is 13.2 Å². The lowest BCUT2D eigenvalue weighted by atomic mass is 10.1. The number of nitrogens with zero attached hydrogens (tertiary/aromatic N) is 1. The molecule has 0 aliphatic carbocycles. The van der Waals surface area contributed by atoms with Gasteiger partial charge < -0.3 is 14.8 Å². The van der Waals surface area contributed by atoms with Crippen LogP contribution >= 0.6 is 0 Å². The minimum Gasteiger partial charge on any atom is -0.486 e. The van der Waals surface area contributed by atoms with Crippen LogP contribution in [0.4, 0.5) is 5.69 Å². The van der Waals surface area contributed by atoms with Crippen molar-refractivity contribution in [3.8, 4) is 11.5 Å². The molecule has 2 aromatic rings. The molecule has 7 nitrogen and oxygen atoms in total. The Bertz CT molecular complexity index is 982. The summed E-state index contributed by atoms with van der Waals surface area (Å²) in [7, 11) is 0. The van der Waals surface area contributed by atoms with E-state index in [1.807, 2.05) is 0 Å². The van der Waals surface area contributed by atoms with Gasteiger partial charge in [-0.1, -0.05) is 6.08 Å².